The molecule has 1 aliphatic heterocycles. The van der Waals surface area contributed by atoms with Crippen molar-refractivity contribution in [2.75, 3.05) is 0 Å². The van der Waals surface area contributed by atoms with Gasteiger partial charge in [-0.2, -0.15) is 13.2 Å². The maximum Gasteiger partial charge on any atom is 0.417 e. The number of furan rings is 1. The van der Waals surface area contributed by atoms with Gasteiger partial charge in [-0.15, -0.1) is 0 Å². The van der Waals surface area contributed by atoms with Crippen molar-refractivity contribution in [2.24, 2.45) is 0 Å². The predicted molar refractivity (Wildman–Crippen MR) is 82.6 cm³/mol. The van der Waals surface area contributed by atoms with E-state index in [0.29, 0.717) is 18.9 Å². The Morgan fingerprint density at radius 2 is 1.89 bits per heavy atom. The maximum absolute atomic E-state index is 13.2. The van der Waals surface area contributed by atoms with Gasteiger partial charge < -0.3 is 9.32 Å². The lowest BCUT2D eigenvalue weighted by Gasteiger charge is -2.25. The first-order valence-corrected chi connectivity index (χ1v) is 8.05. The Labute approximate surface area is 148 Å². The summed E-state index contributed by atoms with van der Waals surface area (Å²) >= 11 is 0. The molecule has 8 nitrogen and oxygen atoms in total. The van der Waals surface area contributed by atoms with Crippen LogP contribution >= 0.6 is 0 Å². The minimum Gasteiger partial charge on any atom is -0.434 e. The normalized spacial score (nSPS) is 20.2. The second-order valence-electron chi connectivity index (χ2n) is 6.47. The summed E-state index contributed by atoms with van der Waals surface area (Å²) in [6, 6.07) is -0.0609. The Morgan fingerprint density at radius 3 is 2.44 bits per heavy atom. The van der Waals surface area contributed by atoms with Crippen molar-refractivity contribution < 1.29 is 32.0 Å². The van der Waals surface area contributed by atoms with Gasteiger partial charge in [0.15, 0.2) is 5.76 Å². The van der Waals surface area contributed by atoms with Crippen LogP contribution in [0.1, 0.15) is 35.4 Å². The highest BCUT2D eigenvalue weighted by Crippen LogP contribution is 2.36. The quantitative estimate of drug-likeness (QED) is 0.773. The van der Waals surface area contributed by atoms with Crippen molar-refractivity contribution >= 4 is 28.8 Å². The Morgan fingerprint density at radius 1 is 1.19 bits per heavy atom. The number of hydrogen-bond donors (Lipinski definition) is 2. The highest BCUT2D eigenvalue weighted by Gasteiger charge is 2.46. The average molecular weight is 383 g/mol. The van der Waals surface area contributed by atoms with E-state index in [0.717, 1.165) is 6.07 Å². The number of rotatable bonds is 3. The fourth-order valence-electron chi connectivity index (χ4n) is 3.19. The summed E-state index contributed by atoms with van der Waals surface area (Å²) in [5, 5.41) is 1.64. The molecule has 4 rings (SSSR count). The lowest BCUT2D eigenvalue weighted by atomic mass is 10.1. The highest BCUT2D eigenvalue weighted by molar-refractivity contribution is 6.08. The summed E-state index contributed by atoms with van der Waals surface area (Å²) < 4.78 is 44.7. The molecule has 1 unspecified atom stereocenters. The molecule has 3 amide bonds. The van der Waals surface area contributed by atoms with Crippen LogP contribution in [-0.2, 0) is 15.8 Å². The number of amides is 3. The molecule has 0 radical (unpaired) electrons. The number of nitrogens with zero attached hydrogens (tertiary/aromatic N) is 1. The number of carbonyl (C=O) groups is 3. The lowest BCUT2D eigenvalue weighted by Crippen LogP contribution is -2.45. The molecular formula is C16H12F3N3O5. The Balaban J connectivity index is 1.77. The molecule has 2 aromatic heterocycles. The van der Waals surface area contributed by atoms with Crippen LogP contribution in [0.4, 0.5) is 13.2 Å². The number of halogens is 3. The Bertz CT molecular complexity index is 1030. The van der Waals surface area contributed by atoms with E-state index in [-0.39, 0.29) is 12.5 Å². The van der Waals surface area contributed by atoms with Crippen LogP contribution < -0.4 is 10.9 Å². The molecule has 2 aromatic rings. The largest absolute Gasteiger partial charge is 0.434 e. The van der Waals surface area contributed by atoms with Gasteiger partial charge in [0, 0.05) is 12.1 Å². The number of fused-ring (bicyclic) bond motifs is 1. The second kappa shape index (κ2) is 5.69. The molecule has 11 heteroatoms. The smallest absolute Gasteiger partial charge is 0.417 e. The summed E-state index contributed by atoms with van der Waals surface area (Å²) in [6.07, 6.45) is -3.82. The third-order valence-corrected chi connectivity index (χ3v) is 4.51. The molecule has 1 aliphatic carbocycles. The van der Waals surface area contributed by atoms with Crippen LogP contribution in [0, 0.1) is 0 Å². The first kappa shape index (κ1) is 17.3. The fraction of sp³-hybridized carbons (Fsp3) is 0.375. The summed E-state index contributed by atoms with van der Waals surface area (Å²) in [4.78, 5) is 51.0. The summed E-state index contributed by atoms with van der Waals surface area (Å²) in [5.74, 6) is -2.42. The van der Waals surface area contributed by atoms with E-state index < -0.39 is 57.9 Å². The van der Waals surface area contributed by atoms with Crippen molar-refractivity contribution in [3.63, 3.8) is 0 Å². The first-order chi connectivity index (χ1) is 12.6. The van der Waals surface area contributed by atoms with Gasteiger partial charge in [0.05, 0.1) is 17.4 Å². The standard InChI is InChI=1S/C16H12F3N3O5/c17-16(18,19)8-4-11(23)21-14-7(8)3-10(27-14)15(26)22(6-1-2-6)9-5-12(24)20-13(9)25/h3-4,6,9H,1-2,5H2,(H,21,23)(H,20,24,25). The molecule has 2 N–H and O–H groups in total. The van der Waals surface area contributed by atoms with Crippen LogP contribution in [0.2, 0.25) is 0 Å². The van der Waals surface area contributed by atoms with E-state index >= 15 is 0 Å². The molecule has 2 aliphatic rings. The molecule has 142 valence electrons. The molecule has 3 heterocycles. The Kier molecular flexibility index (Phi) is 3.65. The summed E-state index contributed by atoms with van der Waals surface area (Å²) in [5.41, 5.74) is -2.74. The molecule has 0 aromatic carbocycles. The van der Waals surface area contributed by atoms with E-state index in [4.69, 9.17) is 4.42 Å². The predicted octanol–water partition coefficient (Wildman–Crippen LogP) is 1.16. The molecular weight excluding hydrogens is 371 g/mol. The molecule has 1 saturated carbocycles. The van der Waals surface area contributed by atoms with E-state index in [9.17, 15) is 32.3 Å². The topological polar surface area (TPSA) is 112 Å². The zero-order valence-electron chi connectivity index (χ0n) is 13.6. The van der Waals surface area contributed by atoms with Gasteiger partial charge in [0.1, 0.15) is 6.04 Å². The van der Waals surface area contributed by atoms with Gasteiger partial charge in [0.25, 0.3) is 11.5 Å². The fourth-order valence-corrected chi connectivity index (χ4v) is 3.19. The number of alkyl halides is 3. The number of H-pyrrole nitrogens is 1. The van der Waals surface area contributed by atoms with Crippen LogP contribution in [0.15, 0.2) is 21.3 Å². The van der Waals surface area contributed by atoms with Crippen LogP contribution in [0.5, 0.6) is 0 Å². The van der Waals surface area contributed by atoms with E-state index in [1.54, 1.807) is 0 Å². The lowest BCUT2D eigenvalue weighted by molar-refractivity contribution is -0.136. The van der Waals surface area contributed by atoms with Crippen LogP contribution in [0.3, 0.4) is 0 Å². The average Bonchev–Trinajstić information content (AvgIpc) is 3.21. The summed E-state index contributed by atoms with van der Waals surface area (Å²) in [6.45, 7) is 0. The first-order valence-electron chi connectivity index (χ1n) is 8.05. The second-order valence-corrected chi connectivity index (χ2v) is 6.47. The number of aromatic amines is 1. The molecule has 27 heavy (non-hydrogen) atoms. The van der Waals surface area contributed by atoms with Gasteiger partial charge in [-0.05, 0) is 18.9 Å². The van der Waals surface area contributed by atoms with Crippen LogP contribution in [-0.4, -0.2) is 39.7 Å². The van der Waals surface area contributed by atoms with Crippen molar-refractivity contribution in [3.05, 3.63) is 33.8 Å². The molecule has 1 saturated heterocycles. The molecule has 0 spiro atoms. The number of hydrogen-bond acceptors (Lipinski definition) is 5. The highest BCUT2D eigenvalue weighted by atomic mass is 19.4. The van der Waals surface area contributed by atoms with E-state index in [2.05, 4.69) is 10.3 Å². The third-order valence-electron chi connectivity index (χ3n) is 4.51. The van der Waals surface area contributed by atoms with E-state index in [1.165, 1.54) is 4.90 Å². The summed E-state index contributed by atoms with van der Waals surface area (Å²) in [7, 11) is 0. The van der Waals surface area contributed by atoms with Gasteiger partial charge in [-0.25, -0.2) is 0 Å². The monoisotopic (exact) mass is 383 g/mol. The zero-order valence-corrected chi connectivity index (χ0v) is 13.6. The van der Waals surface area contributed by atoms with Gasteiger partial charge >= 0.3 is 6.18 Å². The van der Waals surface area contributed by atoms with Crippen molar-refractivity contribution in [3.8, 4) is 0 Å². The van der Waals surface area contributed by atoms with Gasteiger partial charge in [-0.1, -0.05) is 0 Å². The van der Waals surface area contributed by atoms with Crippen LogP contribution in [0.25, 0.3) is 11.1 Å². The number of nitrogens with one attached hydrogen (secondary N) is 2. The molecule has 0 bridgehead atoms. The van der Waals surface area contributed by atoms with Gasteiger partial charge in [-0.3, -0.25) is 29.5 Å². The van der Waals surface area contributed by atoms with Crippen molar-refractivity contribution in [2.45, 2.75) is 37.5 Å². The number of imide groups is 1. The number of aromatic nitrogens is 1. The zero-order chi connectivity index (χ0) is 19.5. The third kappa shape index (κ3) is 2.98. The van der Waals surface area contributed by atoms with Crippen molar-refractivity contribution in [1.82, 2.24) is 15.2 Å². The number of pyridine rings is 1. The molecule has 1 atom stereocenters. The maximum atomic E-state index is 13.2. The Hall–Kier alpha value is -3.11. The SMILES string of the molecule is O=C1CC(N(C(=O)c2cc3c(C(F)(F)F)cc(=O)[nH]c3o2)C2CC2)C(=O)N1. The number of carbonyl (C=O) groups excluding carboxylic acids is 3. The van der Waals surface area contributed by atoms with E-state index in [1.807, 2.05) is 0 Å². The molecule has 2 fully saturated rings. The van der Waals surface area contributed by atoms with Crippen molar-refractivity contribution in [1.29, 1.82) is 0 Å². The van der Waals surface area contributed by atoms with Gasteiger partial charge in [0.2, 0.25) is 17.5 Å². The minimum absolute atomic E-state index is 0.216. The minimum atomic E-state index is -4.81.